The van der Waals surface area contributed by atoms with Gasteiger partial charge in [-0.1, -0.05) is 12.1 Å². The number of aliphatic hydroxyl groups excluding tert-OH is 2. The summed E-state index contributed by atoms with van der Waals surface area (Å²) in [5, 5.41) is 35.1. The van der Waals surface area contributed by atoms with Crippen molar-refractivity contribution in [3.63, 3.8) is 0 Å². The number of oxime groups is 1. The van der Waals surface area contributed by atoms with Gasteiger partial charge in [0.25, 0.3) is 0 Å². The molecule has 10 nitrogen and oxygen atoms in total. The Morgan fingerprint density at radius 3 is 2.47 bits per heavy atom. The van der Waals surface area contributed by atoms with E-state index >= 15 is 0 Å². The van der Waals surface area contributed by atoms with Crippen LogP contribution in [0.5, 0.6) is 11.5 Å². The smallest absolute Gasteiger partial charge is 0.425 e. The Balaban J connectivity index is 1.97. The van der Waals surface area contributed by atoms with Crippen LogP contribution in [0.4, 0.5) is 13.2 Å². The third-order valence-electron chi connectivity index (χ3n) is 5.81. The zero-order chi connectivity index (χ0) is 27.0. The van der Waals surface area contributed by atoms with Crippen LogP contribution >= 0.6 is 0 Å². The van der Waals surface area contributed by atoms with Crippen LogP contribution in [0.3, 0.4) is 0 Å². The fourth-order valence-corrected chi connectivity index (χ4v) is 4.05. The van der Waals surface area contributed by atoms with Crippen molar-refractivity contribution in [1.29, 1.82) is 0 Å². The number of halogens is 3. The van der Waals surface area contributed by atoms with E-state index in [1.807, 2.05) is 0 Å². The van der Waals surface area contributed by atoms with Crippen molar-refractivity contribution < 1.29 is 52.0 Å². The minimum atomic E-state index is -4.63. The lowest BCUT2D eigenvalue weighted by atomic mass is 9.89. The maximum Gasteiger partial charge on any atom is 0.425 e. The second kappa shape index (κ2) is 10.2. The van der Waals surface area contributed by atoms with Crippen molar-refractivity contribution >= 4 is 16.7 Å². The molecule has 0 amide bonds. The standard InChI is InChI=1S/C23H28F3NO9/c1-6-12(27-33-9-23(24,25)26)14-15(28)11-7-8-13(10(2)18(11)35-20(14)31)34-21-17(30)16(29)19(32-5)22(3,4)36-21/h7-8,16-17,19,21,28-30H,6,9H2,1-5H3/t16-,17+,19+,21+/m0/s1. The number of fused-ring (bicyclic) bond motifs is 1. The van der Waals surface area contributed by atoms with E-state index in [4.69, 9.17) is 18.6 Å². The fraction of sp³-hybridized carbons (Fsp3) is 0.565. The average Bonchev–Trinajstić information content (AvgIpc) is 2.77. The van der Waals surface area contributed by atoms with E-state index < -0.39 is 59.9 Å². The van der Waals surface area contributed by atoms with E-state index in [-0.39, 0.29) is 34.4 Å². The molecule has 0 unspecified atom stereocenters. The van der Waals surface area contributed by atoms with Crippen LogP contribution < -0.4 is 10.4 Å². The number of nitrogens with zero attached hydrogens (tertiary/aromatic N) is 1. The monoisotopic (exact) mass is 519 g/mol. The molecule has 1 aromatic heterocycles. The van der Waals surface area contributed by atoms with Crippen LogP contribution in [-0.4, -0.2) is 71.1 Å². The number of alkyl halides is 3. The highest BCUT2D eigenvalue weighted by Crippen LogP contribution is 2.37. The molecule has 0 spiro atoms. The molecule has 0 aliphatic carbocycles. The first kappa shape index (κ1) is 27.7. The van der Waals surface area contributed by atoms with Crippen LogP contribution in [-0.2, 0) is 14.3 Å². The van der Waals surface area contributed by atoms with E-state index in [9.17, 15) is 33.3 Å². The maximum atomic E-state index is 12.7. The molecule has 13 heteroatoms. The van der Waals surface area contributed by atoms with E-state index in [1.54, 1.807) is 13.8 Å². The van der Waals surface area contributed by atoms with Gasteiger partial charge < -0.3 is 38.8 Å². The molecule has 36 heavy (non-hydrogen) atoms. The van der Waals surface area contributed by atoms with Gasteiger partial charge in [0.05, 0.1) is 16.7 Å². The molecule has 1 fully saturated rings. The van der Waals surface area contributed by atoms with Crippen molar-refractivity contribution in [3.8, 4) is 11.5 Å². The lowest BCUT2D eigenvalue weighted by molar-refractivity contribution is -0.306. The van der Waals surface area contributed by atoms with Gasteiger partial charge in [-0.25, -0.2) is 4.79 Å². The van der Waals surface area contributed by atoms with Crippen LogP contribution in [0, 0.1) is 6.92 Å². The highest BCUT2D eigenvalue weighted by molar-refractivity contribution is 6.06. The van der Waals surface area contributed by atoms with E-state index in [0.717, 1.165) is 0 Å². The average molecular weight is 519 g/mol. The summed E-state index contributed by atoms with van der Waals surface area (Å²) in [5.41, 5.74) is -2.54. The largest absolute Gasteiger partial charge is 0.506 e. The van der Waals surface area contributed by atoms with Crippen molar-refractivity contribution in [2.24, 2.45) is 5.16 Å². The first-order valence-electron chi connectivity index (χ1n) is 11.0. The second-order valence-corrected chi connectivity index (χ2v) is 8.80. The van der Waals surface area contributed by atoms with Crippen molar-refractivity contribution in [1.82, 2.24) is 0 Å². The van der Waals surface area contributed by atoms with Crippen LogP contribution in [0.15, 0.2) is 26.5 Å². The molecule has 0 radical (unpaired) electrons. The second-order valence-electron chi connectivity index (χ2n) is 8.80. The molecule has 1 saturated heterocycles. The zero-order valence-electron chi connectivity index (χ0n) is 20.3. The summed E-state index contributed by atoms with van der Waals surface area (Å²) in [6.07, 6.45) is -9.58. The summed E-state index contributed by atoms with van der Waals surface area (Å²) < 4.78 is 59.3. The molecule has 3 rings (SSSR count). The maximum absolute atomic E-state index is 12.7. The minimum absolute atomic E-state index is 0.0284. The van der Waals surface area contributed by atoms with Gasteiger partial charge in [-0.15, -0.1) is 0 Å². The summed E-state index contributed by atoms with van der Waals surface area (Å²) in [7, 11) is 1.38. The molecule has 3 N–H and O–H groups in total. The molecule has 1 aromatic carbocycles. The summed E-state index contributed by atoms with van der Waals surface area (Å²) in [5.74, 6) is -0.431. The number of hydrogen-bond acceptors (Lipinski definition) is 10. The van der Waals surface area contributed by atoms with Crippen molar-refractivity contribution in [3.05, 3.63) is 33.7 Å². The van der Waals surface area contributed by atoms with Crippen molar-refractivity contribution in [2.75, 3.05) is 13.7 Å². The Morgan fingerprint density at radius 2 is 1.89 bits per heavy atom. The molecule has 4 atom stereocenters. The summed E-state index contributed by atoms with van der Waals surface area (Å²) >= 11 is 0. The fourth-order valence-electron chi connectivity index (χ4n) is 4.05. The SMILES string of the molecule is CCC(=NOCC(F)(F)F)c1c(O)c2ccc(O[C@@H]3OC(C)(C)[C@H](OC)[C@@H](O)[C@H]3O)c(C)c2oc1=O. The Morgan fingerprint density at radius 1 is 1.22 bits per heavy atom. The topological polar surface area (TPSA) is 140 Å². The molecule has 1 aliphatic rings. The van der Waals surface area contributed by atoms with E-state index in [1.165, 1.54) is 33.1 Å². The summed E-state index contributed by atoms with van der Waals surface area (Å²) in [6, 6.07) is 2.78. The van der Waals surface area contributed by atoms with E-state index in [0.29, 0.717) is 0 Å². The van der Waals surface area contributed by atoms with E-state index in [2.05, 4.69) is 9.99 Å². The molecule has 200 valence electrons. The zero-order valence-corrected chi connectivity index (χ0v) is 20.3. The Labute approximate surface area is 203 Å². The molecule has 2 heterocycles. The van der Waals surface area contributed by atoms with Gasteiger partial charge in [0.15, 0.2) is 0 Å². The van der Waals surface area contributed by atoms with Gasteiger partial charge >= 0.3 is 11.8 Å². The third kappa shape index (κ3) is 5.43. The van der Waals surface area contributed by atoms with Gasteiger partial charge in [0.2, 0.25) is 12.9 Å². The van der Waals surface area contributed by atoms with Gasteiger partial charge in [0, 0.05) is 12.7 Å². The number of ether oxygens (including phenoxy) is 3. The predicted molar refractivity (Wildman–Crippen MR) is 120 cm³/mol. The van der Waals surface area contributed by atoms with Crippen LogP contribution in [0.2, 0.25) is 0 Å². The molecular weight excluding hydrogens is 491 g/mol. The number of hydrogen-bond donors (Lipinski definition) is 3. The molecular formula is C23H28F3NO9. The summed E-state index contributed by atoms with van der Waals surface area (Å²) in [4.78, 5) is 17.0. The van der Waals surface area contributed by atoms with Gasteiger partial charge in [0.1, 0.15) is 41.0 Å². The Kier molecular flexibility index (Phi) is 7.89. The van der Waals surface area contributed by atoms with Gasteiger partial charge in [-0.3, -0.25) is 0 Å². The highest BCUT2D eigenvalue weighted by atomic mass is 19.4. The predicted octanol–water partition coefficient (Wildman–Crippen LogP) is 2.75. The Hall–Kier alpha value is -2.87. The number of aliphatic hydroxyl groups is 2. The number of benzene rings is 1. The van der Waals surface area contributed by atoms with Crippen molar-refractivity contribution in [2.45, 2.75) is 70.5 Å². The molecule has 1 aliphatic heterocycles. The number of rotatable bonds is 7. The molecule has 0 bridgehead atoms. The Bertz CT molecular complexity index is 1190. The molecule has 2 aromatic rings. The third-order valence-corrected chi connectivity index (χ3v) is 5.81. The number of aryl methyl sites for hydroxylation is 1. The molecule has 0 saturated carbocycles. The van der Waals surface area contributed by atoms with Crippen LogP contribution in [0.1, 0.15) is 38.3 Å². The van der Waals surface area contributed by atoms with Gasteiger partial charge in [-0.2, -0.15) is 13.2 Å². The lowest BCUT2D eigenvalue weighted by Gasteiger charge is -2.46. The normalized spacial score (nSPS) is 24.7. The summed E-state index contributed by atoms with van der Waals surface area (Å²) in [6.45, 7) is 4.69. The van der Waals surface area contributed by atoms with Crippen LogP contribution in [0.25, 0.3) is 11.0 Å². The quantitative estimate of drug-likeness (QED) is 0.286. The first-order valence-corrected chi connectivity index (χ1v) is 11.0. The highest BCUT2D eigenvalue weighted by Gasteiger charge is 2.50. The van der Waals surface area contributed by atoms with Gasteiger partial charge in [-0.05, 0) is 39.3 Å². The minimum Gasteiger partial charge on any atom is -0.506 e. The number of methoxy groups -OCH3 is 1. The number of aromatic hydroxyl groups is 1. The lowest BCUT2D eigenvalue weighted by Crippen LogP contribution is -2.63. The first-order chi connectivity index (χ1) is 16.7.